The minimum Gasteiger partial charge on any atom is -0.339 e. The Labute approximate surface area is 167 Å². The van der Waals surface area contributed by atoms with E-state index in [1.807, 2.05) is 53.4 Å². The van der Waals surface area contributed by atoms with E-state index >= 15 is 0 Å². The second kappa shape index (κ2) is 9.36. The van der Waals surface area contributed by atoms with Crippen LogP contribution in [0.1, 0.15) is 43.7 Å². The number of rotatable bonds is 5. The maximum absolute atomic E-state index is 12.5. The highest BCUT2D eigenvalue weighted by molar-refractivity contribution is 5.94. The summed E-state index contributed by atoms with van der Waals surface area (Å²) in [6, 6.07) is 17.8. The molecule has 146 valence electrons. The van der Waals surface area contributed by atoms with Gasteiger partial charge in [0.1, 0.15) is 0 Å². The molecule has 0 aromatic heterocycles. The van der Waals surface area contributed by atoms with Gasteiger partial charge in [-0.1, -0.05) is 56.3 Å². The van der Waals surface area contributed by atoms with Crippen LogP contribution in [-0.2, 0) is 9.59 Å². The minimum atomic E-state index is -0.0491. The number of nitrogens with zero attached hydrogens (tertiary/aromatic N) is 1. The van der Waals surface area contributed by atoms with Crippen LogP contribution in [0.4, 0.5) is 5.69 Å². The molecule has 0 unspecified atom stereocenters. The maximum Gasteiger partial charge on any atom is 0.246 e. The number of anilines is 1. The van der Waals surface area contributed by atoms with Gasteiger partial charge in [0.05, 0.1) is 0 Å². The Morgan fingerprint density at radius 2 is 1.64 bits per heavy atom. The summed E-state index contributed by atoms with van der Waals surface area (Å²) in [6.45, 7) is 5.53. The Morgan fingerprint density at radius 3 is 2.25 bits per heavy atom. The van der Waals surface area contributed by atoms with Crippen molar-refractivity contribution in [3.8, 4) is 0 Å². The number of hydrogen-bond donors (Lipinski definition) is 1. The Bertz CT molecular complexity index is 817. The molecule has 28 heavy (non-hydrogen) atoms. The molecule has 2 aromatic carbocycles. The summed E-state index contributed by atoms with van der Waals surface area (Å²) < 4.78 is 0. The molecule has 1 saturated heterocycles. The van der Waals surface area contributed by atoms with Crippen LogP contribution in [0.3, 0.4) is 0 Å². The van der Waals surface area contributed by atoms with E-state index in [1.165, 1.54) is 5.56 Å². The zero-order chi connectivity index (χ0) is 19.9. The lowest BCUT2D eigenvalue weighted by atomic mass is 9.95. The van der Waals surface area contributed by atoms with Crippen molar-refractivity contribution in [3.05, 3.63) is 71.8 Å². The first-order valence-electron chi connectivity index (χ1n) is 9.96. The van der Waals surface area contributed by atoms with E-state index < -0.39 is 0 Å². The highest BCUT2D eigenvalue weighted by Gasteiger charge is 2.26. The predicted molar refractivity (Wildman–Crippen MR) is 114 cm³/mol. The molecule has 3 rings (SSSR count). The van der Waals surface area contributed by atoms with Crippen LogP contribution in [-0.4, -0.2) is 29.8 Å². The minimum absolute atomic E-state index is 0.00647. The molecular weight excluding hydrogens is 348 g/mol. The van der Waals surface area contributed by atoms with Crippen LogP contribution in [0.2, 0.25) is 0 Å². The maximum atomic E-state index is 12.5. The third-order valence-electron chi connectivity index (χ3n) is 5.24. The lowest BCUT2D eigenvalue weighted by molar-refractivity contribution is -0.130. The van der Waals surface area contributed by atoms with Crippen molar-refractivity contribution < 1.29 is 9.59 Å². The third kappa shape index (κ3) is 5.32. The second-order valence-corrected chi connectivity index (χ2v) is 7.61. The molecular formula is C24H28N2O2. The first kappa shape index (κ1) is 19.9. The van der Waals surface area contributed by atoms with Gasteiger partial charge >= 0.3 is 0 Å². The van der Waals surface area contributed by atoms with Crippen molar-refractivity contribution in [1.82, 2.24) is 4.90 Å². The van der Waals surface area contributed by atoms with Crippen LogP contribution in [0.5, 0.6) is 0 Å². The summed E-state index contributed by atoms with van der Waals surface area (Å²) in [7, 11) is 0. The van der Waals surface area contributed by atoms with E-state index in [-0.39, 0.29) is 17.7 Å². The molecule has 0 saturated carbocycles. The number of hydrogen-bond acceptors (Lipinski definition) is 2. The zero-order valence-corrected chi connectivity index (χ0v) is 16.6. The van der Waals surface area contributed by atoms with E-state index in [1.54, 1.807) is 6.08 Å². The van der Waals surface area contributed by atoms with Gasteiger partial charge in [0.25, 0.3) is 0 Å². The highest BCUT2D eigenvalue weighted by Crippen LogP contribution is 2.21. The zero-order valence-electron chi connectivity index (χ0n) is 16.6. The third-order valence-corrected chi connectivity index (χ3v) is 5.24. The fraction of sp³-hybridized carbons (Fsp3) is 0.333. The van der Waals surface area contributed by atoms with Gasteiger partial charge in [0.15, 0.2) is 0 Å². The second-order valence-electron chi connectivity index (χ2n) is 7.61. The summed E-state index contributed by atoms with van der Waals surface area (Å²) in [5.41, 5.74) is 3.10. The van der Waals surface area contributed by atoms with Gasteiger partial charge < -0.3 is 10.2 Å². The van der Waals surface area contributed by atoms with Gasteiger partial charge in [-0.05, 0) is 48.1 Å². The monoisotopic (exact) mass is 376 g/mol. The van der Waals surface area contributed by atoms with Crippen LogP contribution >= 0.6 is 0 Å². The Kier molecular flexibility index (Phi) is 6.64. The summed E-state index contributed by atoms with van der Waals surface area (Å²) in [5.74, 6) is 0.477. The van der Waals surface area contributed by atoms with E-state index in [9.17, 15) is 9.59 Å². The molecule has 0 radical (unpaired) electrons. The van der Waals surface area contributed by atoms with Crippen LogP contribution in [0, 0.1) is 5.92 Å². The summed E-state index contributed by atoms with van der Waals surface area (Å²) >= 11 is 0. The lowest BCUT2D eigenvalue weighted by Gasteiger charge is -2.30. The van der Waals surface area contributed by atoms with E-state index in [0.29, 0.717) is 31.8 Å². The topological polar surface area (TPSA) is 49.4 Å². The fourth-order valence-electron chi connectivity index (χ4n) is 3.39. The smallest absolute Gasteiger partial charge is 0.246 e. The lowest BCUT2D eigenvalue weighted by Crippen LogP contribution is -2.40. The number of nitrogens with one attached hydrogen (secondary N) is 1. The van der Waals surface area contributed by atoms with Gasteiger partial charge in [0.2, 0.25) is 11.8 Å². The SMILES string of the molecule is CC(C)c1ccc(NC(=O)C2CCN(C(=O)/C=C/c3ccccc3)CC2)cc1. The molecule has 2 amide bonds. The number of benzene rings is 2. The molecule has 1 N–H and O–H groups in total. The van der Waals surface area contributed by atoms with E-state index in [0.717, 1.165) is 11.3 Å². The number of amides is 2. The van der Waals surface area contributed by atoms with Crippen molar-refractivity contribution >= 4 is 23.6 Å². The molecule has 4 nitrogen and oxygen atoms in total. The Morgan fingerprint density at radius 1 is 1.00 bits per heavy atom. The molecule has 4 heteroatoms. The Hall–Kier alpha value is -2.88. The average Bonchev–Trinajstić information content (AvgIpc) is 2.73. The molecule has 1 fully saturated rings. The number of carbonyl (C=O) groups excluding carboxylic acids is 2. The predicted octanol–water partition coefficient (Wildman–Crippen LogP) is 4.70. The summed E-state index contributed by atoms with van der Waals surface area (Å²) in [4.78, 5) is 26.7. The largest absolute Gasteiger partial charge is 0.339 e. The van der Waals surface area contributed by atoms with E-state index in [4.69, 9.17) is 0 Å². The molecule has 0 bridgehead atoms. The molecule has 0 aliphatic carbocycles. The van der Waals surface area contributed by atoms with Crippen LogP contribution in [0.15, 0.2) is 60.7 Å². The number of carbonyl (C=O) groups is 2. The quantitative estimate of drug-likeness (QED) is 0.769. The van der Waals surface area contributed by atoms with Crippen molar-refractivity contribution in [2.45, 2.75) is 32.6 Å². The summed E-state index contributed by atoms with van der Waals surface area (Å²) in [6.07, 6.45) is 4.84. The van der Waals surface area contributed by atoms with Gasteiger partial charge in [-0.25, -0.2) is 0 Å². The molecule has 0 atom stereocenters. The molecule has 0 spiro atoms. The highest BCUT2D eigenvalue weighted by atomic mass is 16.2. The first-order chi connectivity index (χ1) is 13.5. The van der Waals surface area contributed by atoms with Crippen molar-refractivity contribution in [2.75, 3.05) is 18.4 Å². The van der Waals surface area contributed by atoms with Crippen molar-refractivity contribution in [3.63, 3.8) is 0 Å². The fourth-order valence-corrected chi connectivity index (χ4v) is 3.39. The van der Waals surface area contributed by atoms with E-state index in [2.05, 4.69) is 31.3 Å². The standard InChI is InChI=1S/C24H28N2O2/c1-18(2)20-9-11-22(12-10-20)25-24(28)21-14-16-26(17-15-21)23(27)13-8-19-6-4-3-5-7-19/h3-13,18,21H,14-17H2,1-2H3,(H,25,28)/b13-8+. The van der Waals surface area contributed by atoms with Gasteiger partial charge in [0, 0.05) is 30.8 Å². The normalized spacial score (nSPS) is 15.2. The molecule has 1 heterocycles. The van der Waals surface area contributed by atoms with Gasteiger partial charge in [-0.3, -0.25) is 9.59 Å². The van der Waals surface area contributed by atoms with Crippen molar-refractivity contribution in [1.29, 1.82) is 0 Å². The molecule has 1 aliphatic heterocycles. The molecule has 1 aliphatic rings. The molecule has 2 aromatic rings. The van der Waals surface area contributed by atoms with Gasteiger partial charge in [-0.15, -0.1) is 0 Å². The van der Waals surface area contributed by atoms with Crippen LogP contribution in [0.25, 0.3) is 6.08 Å². The number of piperidine rings is 1. The summed E-state index contributed by atoms with van der Waals surface area (Å²) in [5, 5.41) is 3.01. The van der Waals surface area contributed by atoms with Crippen molar-refractivity contribution in [2.24, 2.45) is 5.92 Å². The average molecular weight is 377 g/mol. The first-order valence-corrected chi connectivity index (χ1v) is 9.96. The van der Waals surface area contributed by atoms with Gasteiger partial charge in [-0.2, -0.15) is 0 Å². The number of likely N-dealkylation sites (tertiary alicyclic amines) is 1. The Balaban J connectivity index is 1.48. The van der Waals surface area contributed by atoms with Crippen LogP contribution < -0.4 is 5.32 Å².